The van der Waals surface area contributed by atoms with Gasteiger partial charge in [0.05, 0.1) is 22.2 Å². The second kappa shape index (κ2) is 19.3. The summed E-state index contributed by atoms with van der Waals surface area (Å²) in [6.07, 6.45) is 9.89. The van der Waals surface area contributed by atoms with Gasteiger partial charge in [0.15, 0.2) is 0 Å². The zero-order valence-corrected chi connectivity index (χ0v) is 30.4. The summed E-state index contributed by atoms with van der Waals surface area (Å²) >= 11 is 7.07. The normalized spacial score (nSPS) is 10.8. The van der Waals surface area contributed by atoms with Gasteiger partial charge in [-0.3, -0.25) is 9.59 Å². The van der Waals surface area contributed by atoms with Crippen LogP contribution in [0.15, 0.2) is 93.9 Å². The van der Waals surface area contributed by atoms with E-state index < -0.39 is 0 Å². The zero-order chi connectivity index (χ0) is 33.4. The van der Waals surface area contributed by atoms with Crippen LogP contribution in [0.2, 0.25) is 0 Å². The molecule has 2 amide bonds. The molecule has 0 aliphatic heterocycles. The molecule has 2 N–H and O–H groups in total. The Morgan fingerprint density at radius 3 is 1.32 bits per heavy atom. The summed E-state index contributed by atoms with van der Waals surface area (Å²) in [6.45, 7) is 5.71. The highest BCUT2D eigenvalue weighted by molar-refractivity contribution is 9.11. The Hall–Kier alpha value is -3.62. The molecule has 0 bridgehead atoms. The molecule has 0 unspecified atom stereocenters. The molecular weight excluding hydrogens is 720 g/mol. The van der Waals surface area contributed by atoms with E-state index in [9.17, 15) is 9.59 Å². The minimum Gasteiger partial charge on any atom is -0.492 e. The number of carbonyl (C=O) groups excluding carboxylic acids is 2. The summed E-state index contributed by atoms with van der Waals surface area (Å²) in [5, 5.41) is 5.95. The molecule has 0 fully saturated rings. The van der Waals surface area contributed by atoms with Gasteiger partial charge < -0.3 is 20.1 Å². The van der Waals surface area contributed by atoms with Gasteiger partial charge in [0.2, 0.25) is 0 Å². The Kier molecular flexibility index (Phi) is 14.8. The van der Waals surface area contributed by atoms with Gasteiger partial charge in [0.1, 0.15) is 11.5 Å². The fraction of sp³-hybridized carbons (Fsp3) is 0.333. The molecule has 0 radical (unpaired) electrons. The fourth-order valence-electron chi connectivity index (χ4n) is 4.99. The van der Waals surface area contributed by atoms with Crippen molar-refractivity contribution >= 4 is 55.0 Å². The Labute approximate surface area is 295 Å². The first-order valence-electron chi connectivity index (χ1n) is 16.5. The lowest BCUT2D eigenvalue weighted by atomic mass is 10.0. The van der Waals surface area contributed by atoms with Crippen molar-refractivity contribution in [2.75, 3.05) is 23.8 Å². The topological polar surface area (TPSA) is 76.7 Å². The monoisotopic (exact) mass is 762 g/mol. The molecule has 0 atom stereocenters. The van der Waals surface area contributed by atoms with Crippen molar-refractivity contribution < 1.29 is 19.1 Å². The number of rotatable bonds is 18. The molecule has 4 aromatic rings. The van der Waals surface area contributed by atoms with E-state index in [1.807, 2.05) is 60.7 Å². The van der Waals surface area contributed by atoms with E-state index in [-0.39, 0.29) is 11.8 Å². The van der Waals surface area contributed by atoms with Crippen LogP contribution in [0.3, 0.4) is 0 Å². The van der Waals surface area contributed by atoms with Gasteiger partial charge >= 0.3 is 0 Å². The van der Waals surface area contributed by atoms with Gasteiger partial charge in [-0.2, -0.15) is 0 Å². The van der Waals surface area contributed by atoms with E-state index in [1.54, 1.807) is 24.3 Å². The number of carbonyl (C=O) groups is 2. The van der Waals surface area contributed by atoms with Gasteiger partial charge in [-0.05, 0) is 123 Å². The summed E-state index contributed by atoms with van der Waals surface area (Å²) in [6, 6.07) is 26.5. The molecule has 0 saturated carbocycles. The third-order valence-electron chi connectivity index (χ3n) is 7.73. The number of anilines is 2. The zero-order valence-electron chi connectivity index (χ0n) is 27.3. The molecule has 8 heteroatoms. The number of hydrogen-bond donors (Lipinski definition) is 2. The Bertz CT molecular complexity index is 1470. The predicted molar refractivity (Wildman–Crippen MR) is 199 cm³/mol. The van der Waals surface area contributed by atoms with Gasteiger partial charge in [-0.25, -0.2) is 0 Å². The SMILES string of the molecule is CCCCCCOc1ccc(C(=O)Nc2ccc(Cc3ccc(NC(=O)c4ccc(OCCCCCC)c(Br)c4)cc3)cc2)cc1Br. The van der Waals surface area contributed by atoms with Crippen LogP contribution >= 0.6 is 31.9 Å². The maximum Gasteiger partial charge on any atom is 0.255 e. The van der Waals surface area contributed by atoms with E-state index in [2.05, 4.69) is 56.3 Å². The standard InChI is InChI=1S/C39H44Br2N2O4/c1-3-5-7-9-23-46-36-21-15-30(26-34(36)40)38(44)42-32-17-11-28(12-18-32)25-29-13-19-33(20-14-29)43-39(45)31-16-22-37(35(41)27-31)47-24-10-8-6-4-2/h11-22,26-27H,3-10,23-25H2,1-2H3,(H,42,44)(H,43,45). The molecule has 0 aliphatic carbocycles. The fourth-order valence-corrected chi connectivity index (χ4v) is 5.98. The van der Waals surface area contributed by atoms with Gasteiger partial charge in [0, 0.05) is 22.5 Å². The first kappa shape index (κ1) is 36.2. The molecule has 0 saturated heterocycles. The molecule has 248 valence electrons. The number of benzene rings is 4. The molecule has 6 nitrogen and oxygen atoms in total. The smallest absolute Gasteiger partial charge is 0.255 e. The summed E-state index contributed by atoms with van der Waals surface area (Å²) in [7, 11) is 0. The van der Waals surface area contributed by atoms with Gasteiger partial charge in [0.25, 0.3) is 11.8 Å². The Balaban J connectivity index is 1.24. The minimum absolute atomic E-state index is 0.181. The highest BCUT2D eigenvalue weighted by Crippen LogP contribution is 2.28. The third kappa shape index (κ3) is 11.8. The third-order valence-corrected chi connectivity index (χ3v) is 8.97. The van der Waals surface area contributed by atoms with E-state index >= 15 is 0 Å². The largest absolute Gasteiger partial charge is 0.492 e. The summed E-state index contributed by atoms with van der Waals surface area (Å²) in [5.41, 5.74) is 4.78. The average Bonchev–Trinajstić information content (AvgIpc) is 3.07. The van der Waals surface area contributed by atoms with Crippen LogP contribution in [0.1, 0.15) is 97.1 Å². The molecule has 47 heavy (non-hydrogen) atoms. The Morgan fingerprint density at radius 2 is 0.957 bits per heavy atom. The van der Waals surface area contributed by atoms with E-state index in [0.29, 0.717) is 24.3 Å². The van der Waals surface area contributed by atoms with Crippen molar-refractivity contribution in [3.05, 3.63) is 116 Å². The lowest BCUT2D eigenvalue weighted by Gasteiger charge is -2.11. The number of unbranched alkanes of at least 4 members (excludes halogenated alkanes) is 6. The first-order valence-corrected chi connectivity index (χ1v) is 18.1. The number of amides is 2. The van der Waals surface area contributed by atoms with Crippen LogP contribution in [-0.4, -0.2) is 25.0 Å². The lowest BCUT2D eigenvalue weighted by Crippen LogP contribution is -2.12. The number of halogens is 2. The predicted octanol–water partition coefficient (Wildman–Crippen LogP) is 11.2. The van der Waals surface area contributed by atoms with Crippen LogP contribution in [-0.2, 0) is 6.42 Å². The van der Waals surface area contributed by atoms with Crippen molar-refractivity contribution in [2.24, 2.45) is 0 Å². The van der Waals surface area contributed by atoms with Gasteiger partial charge in [-0.15, -0.1) is 0 Å². The molecule has 0 heterocycles. The van der Waals surface area contributed by atoms with Crippen LogP contribution in [0.5, 0.6) is 11.5 Å². The van der Waals surface area contributed by atoms with Gasteiger partial charge in [-0.1, -0.05) is 76.6 Å². The second-order valence-electron chi connectivity index (χ2n) is 11.6. The minimum atomic E-state index is -0.181. The average molecular weight is 765 g/mol. The number of hydrogen-bond acceptors (Lipinski definition) is 4. The number of nitrogens with one attached hydrogen (secondary N) is 2. The molecule has 4 aromatic carbocycles. The molecule has 0 aromatic heterocycles. The highest BCUT2D eigenvalue weighted by atomic mass is 79.9. The molecular formula is C39H44Br2N2O4. The van der Waals surface area contributed by atoms with Crippen molar-refractivity contribution in [1.82, 2.24) is 0 Å². The van der Waals surface area contributed by atoms with Crippen molar-refractivity contribution in [2.45, 2.75) is 71.6 Å². The summed E-state index contributed by atoms with van der Waals surface area (Å²) in [4.78, 5) is 25.7. The van der Waals surface area contributed by atoms with E-state index in [0.717, 1.165) is 75.1 Å². The summed E-state index contributed by atoms with van der Waals surface area (Å²) in [5.74, 6) is 1.13. The van der Waals surface area contributed by atoms with Crippen LogP contribution in [0, 0.1) is 0 Å². The van der Waals surface area contributed by atoms with Crippen LogP contribution < -0.4 is 20.1 Å². The Morgan fingerprint density at radius 1 is 0.553 bits per heavy atom. The van der Waals surface area contributed by atoms with Crippen molar-refractivity contribution in [1.29, 1.82) is 0 Å². The van der Waals surface area contributed by atoms with E-state index in [1.165, 1.54) is 25.7 Å². The summed E-state index contributed by atoms with van der Waals surface area (Å²) < 4.78 is 13.3. The molecule has 0 aliphatic rings. The van der Waals surface area contributed by atoms with E-state index in [4.69, 9.17) is 9.47 Å². The maximum absolute atomic E-state index is 12.9. The van der Waals surface area contributed by atoms with Crippen molar-refractivity contribution in [3.8, 4) is 11.5 Å². The quantitative estimate of drug-likeness (QED) is 0.0990. The second-order valence-corrected chi connectivity index (χ2v) is 13.3. The van der Waals surface area contributed by atoms with Crippen LogP contribution in [0.4, 0.5) is 11.4 Å². The van der Waals surface area contributed by atoms with Crippen LogP contribution in [0.25, 0.3) is 0 Å². The molecule has 4 rings (SSSR count). The molecule has 0 spiro atoms. The lowest BCUT2D eigenvalue weighted by molar-refractivity contribution is 0.101. The highest BCUT2D eigenvalue weighted by Gasteiger charge is 2.12. The number of ether oxygens (including phenoxy) is 2. The van der Waals surface area contributed by atoms with Crippen molar-refractivity contribution in [3.63, 3.8) is 0 Å². The first-order chi connectivity index (χ1) is 22.9. The maximum atomic E-state index is 12.9.